The maximum atomic E-state index is 13.6. The molecule has 0 N–H and O–H groups in total. The molecule has 1 aromatic carbocycles. The van der Waals surface area contributed by atoms with Gasteiger partial charge in [-0.1, -0.05) is 11.6 Å². The third-order valence-corrected chi connectivity index (χ3v) is 2.37. The van der Waals surface area contributed by atoms with Gasteiger partial charge < -0.3 is 4.74 Å². The summed E-state index contributed by atoms with van der Waals surface area (Å²) in [4.78, 5) is 7.12. The van der Waals surface area contributed by atoms with Crippen LogP contribution in [-0.4, -0.2) is 16.3 Å². The average Bonchev–Trinajstić information content (AvgIpc) is 2.32. The molecule has 0 aliphatic rings. The molecule has 100 valence electrons. The minimum Gasteiger partial charge on any atom is -0.406 e. The number of hydrogen-bond acceptors (Lipinski definition) is 3. The standard InChI is InChI=1S/C11H5ClF4N2O/c12-10-8(13)9(17-5-18-10)6-1-3-7(4-2-6)19-11(14,15)16/h1-5H. The van der Waals surface area contributed by atoms with Crippen molar-refractivity contribution in [1.82, 2.24) is 9.97 Å². The summed E-state index contributed by atoms with van der Waals surface area (Å²) in [5, 5.41) is -0.361. The number of rotatable bonds is 2. The van der Waals surface area contributed by atoms with Crippen LogP contribution in [-0.2, 0) is 0 Å². The Labute approximate surface area is 109 Å². The van der Waals surface area contributed by atoms with Crippen LogP contribution in [0.3, 0.4) is 0 Å². The maximum absolute atomic E-state index is 13.6. The highest BCUT2D eigenvalue weighted by Gasteiger charge is 2.31. The SMILES string of the molecule is Fc1c(Cl)ncnc1-c1ccc(OC(F)(F)F)cc1. The van der Waals surface area contributed by atoms with Crippen LogP contribution in [0.5, 0.6) is 5.75 Å². The summed E-state index contributed by atoms with van der Waals surface area (Å²) < 4.78 is 53.2. The molecule has 0 aliphatic heterocycles. The van der Waals surface area contributed by atoms with Crippen LogP contribution in [0, 0.1) is 5.82 Å². The lowest BCUT2D eigenvalue weighted by molar-refractivity contribution is -0.274. The Morgan fingerprint density at radius 2 is 1.68 bits per heavy atom. The molecule has 0 unspecified atom stereocenters. The fourth-order valence-corrected chi connectivity index (χ4v) is 1.50. The van der Waals surface area contributed by atoms with E-state index in [2.05, 4.69) is 14.7 Å². The number of halogens is 5. The van der Waals surface area contributed by atoms with Crippen LogP contribution >= 0.6 is 11.6 Å². The van der Waals surface area contributed by atoms with Crippen molar-refractivity contribution in [1.29, 1.82) is 0 Å². The lowest BCUT2D eigenvalue weighted by Gasteiger charge is -2.09. The van der Waals surface area contributed by atoms with Gasteiger partial charge in [-0.25, -0.2) is 14.4 Å². The molecule has 1 aromatic heterocycles. The molecule has 2 rings (SSSR count). The first-order chi connectivity index (χ1) is 8.87. The van der Waals surface area contributed by atoms with E-state index in [1.807, 2.05) is 0 Å². The summed E-state index contributed by atoms with van der Waals surface area (Å²) in [7, 11) is 0. The summed E-state index contributed by atoms with van der Waals surface area (Å²) in [6, 6.07) is 4.59. The first kappa shape index (κ1) is 13.5. The fourth-order valence-electron chi connectivity index (χ4n) is 1.36. The predicted octanol–water partition coefficient (Wildman–Crippen LogP) is 3.83. The van der Waals surface area contributed by atoms with Crippen LogP contribution in [0.2, 0.25) is 5.15 Å². The van der Waals surface area contributed by atoms with E-state index in [4.69, 9.17) is 11.6 Å². The quantitative estimate of drug-likeness (QED) is 0.623. The van der Waals surface area contributed by atoms with Crippen LogP contribution in [0.15, 0.2) is 30.6 Å². The highest BCUT2D eigenvalue weighted by molar-refractivity contribution is 6.29. The third kappa shape index (κ3) is 3.31. The molecule has 2 aromatic rings. The zero-order chi connectivity index (χ0) is 14.0. The van der Waals surface area contributed by atoms with Crippen molar-refractivity contribution in [2.45, 2.75) is 6.36 Å². The van der Waals surface area contributed by atoms with Gasteiger partial charge in [-0.3, -0.25) is 0 Å². The number of ether oxygens (including phenoxy) is 1. The van der Waals surface area contributed by atoms with Crippen molar-refractivity contribution in [3.63, 3.8) is 0 Å². The van der Waals surface area contributed by atoms with Gasteiger partial charge in [0.2, 0.25) is 0 Å². The second kappa shape index (κ2) is 5.00. The number of nitrogens with zero attached hydrogens (tertiary/aromatic N) is 2. The minimum absolute atomic E-state index is 0.0986. The maximum Gasteiger partial charge on any atom is 0.573 e. The molecule has 0 saturated carbocycles. The van der Waals surface area contributed by atoms with E-state index in [0.29, 0.717) is 0 Å². The molecule has 8 heteroatoms. The Morgan fingerprint density at radius 3 is 2.26 bits per heavy atom. The summed E-state index contributed by atoms with van der Waals surface area (Å²) in [6.07, 6.45) is -3.72. The lowest BCUT2D eigenvalue weighted by Crippen LogP contribution is -2.16. The van der Waals surface area contributed by atoms with Crippen molar-refractivity contribution in [2.24, 2.45) is 0 Å². The van der Waals surface area contributed by atoms with E-state index < -0.39 is 17.9 Å². The van der Waals surface area contributed by atoms with Gasteiger partial charge in [0.25, 0.3) is 0 Å². The number of aromatic nitrogens is 2. The van der Waals surface area contributed by atoms with E-state index in [1.165, 1.54) is 12.1 Å². The molecule has 0 spiro atoms. The Bertz CT molecular complexity index is 586. The van der Waals surface area contributed by atoms with Crippen LogP contribution in [0.25, 0.3) is 11.3 Å². The summed E-state index contributed by atoms with van der Waals surface area (Å²) in [5.74, 6) is -1.24. The summed E-state index contributed by atoms with van der Waals surface area (Å²) in [5.41, 5.74) is 0.162. The van der Waals surface area contributed by atoms with Gasteiger partial charge in [0.15, 0.2) is 11.0 Å². The molecular weight excluding hydrogens is 288 g/mol. The predicted molar refractivity (Wildman–Crippen MR) is 59.1 cm³/mol. The Morgan fingerprint density at radius 1 is 1.05 bits per heavy atom. The van der Waals surface area contributed by atoms with E-state index in [9.17, 15) is 17.6 Å². The third-order valence-electron chi connectivity index (χ3n) is 2.11. The van der Waals surface area contributed by atoms with Gasteiger partial charge >= 0.3 is 6.36 Å². The zero-order valence-electron chi connectivity index (χ0n) is 9.08. The number of hydrogen-bond donors (Lipinski definition) is 0. The smallest absolute Gasteiger partial charge is 0.406 e. The first-order valence-electron chi connectivity index (χ1n) is 4.89. The molecule has 19 heavy (non-hydrogen) atoms. The Balaban J connectivity index is 2.30. The summed E-state index contributed by atoms with van der Waals surface area (Å²) in [6.45, 7) is 0. The molecule has 3 nitrogen and oxygen atoms in total. The molecule has 0 saturated heterocycles. The van der Waals surface area contributed by atoms with Crippen molar-refractivity contribution in [2.75, 3.05) is 0 Å². The fraction of sp³-hybridized carbons (Fsp3) is 0.0909. The van der Waals surface area contributed by atoms with Crippen molar-refractivity contribution >= 4 is 11.6 Å². The van der Waals surface area contributed by atoms with Crippen molar-refractivity contribution in [3.8, 4) is 17.0 Å². The number of benzene rings is 1. The largest absolute Gasteiger partial charge is 0.573 e. The van der Waals surface area contributed by atoms with E-state index in [0.717, 1.165) is 18.5 Å². The monoisotopic (exact) mass is 292 g/mol. The minimum atomic E-state index is -4.77. The van der Waals surface area contributed by atoms with Crippen molar-refractivity contribution in [3.05, 3.63) is 41.6 Å². The normalized spacial score (nSPS) is 11.4. The molecule has 0 radical (unpaired) electrons. The molecule has 1 heterocycles. The topological polar surface area (TPSA) is 35.0 Å². The lowest BCUT2D eigenvalue weighted by atomic mass is 10.1. The van der Waals surface area contributed by atoms with E-state index >= 15 is 0 Å². The molecule has 0 bridgehead atoms. The van der Waals surface area contributed by atoms with Gasteiger partial charge in [-0.05, 0) is 24.3 Å². The van der Waals surface area contributed by atoms with Crippen LogP contribution in [0.1, 0.15) is 0 Å². The van der Waals surface area contributed by atoms with Gasteiger partial charge in [0.05, 0.1) is 0 Å². The van der Waals surface area contributed by atoms with Crippen LogP contribution in [0.4, 0.5) is 17.6 Å². The molecular formula is C11H5ClF4N2O. The first-order valence-corrected chi connectivity index (χ1v) is 5.27. The second-order valence-corrected chi connectivity index (χ2v) is 3.76. The van der Waals surface area contributed by atoms with E-state index in [1.54, 1.807) is 0 Å². The highest BCUT2D eigenvalue weighted by Crippen LogP contribution is 2.28. The Kier molecular flexibility index (Phi) is 3.57. The molecule has 0 atom stereocenters. The highest BCUT2D eigenvalue weighted by atomic mass is 35.5. The Hall–Kier alpha value is -1.89. The molecule has 0 fully saturated rings. The zero-order valence-corrected chi connectivity index (χ0v) is 9.84. The van der Waals surface area contributed by atoms with Gasteiger partial charge in [-0.2, -0.15) is 0 Å². The molecule has 0 aliphatic carbocycles. The molecule has 0 amide bonds. The second-order valence-electron chi connectivity index (χ2n) is 3.40. The van der Waals surface area contributed by atoms with Crippen molar-refractivity contribution < 1.29 is 22.3 Å². The summed E-state index contributed by atoms with van der Waals surface area (Å²) >= 11 is 5.48. The van der Waals surface area contributed by atoms with Gasteiger partial charge in [0.1, 0.15) is 17.8 Å². The van der Waals surface area contributed by atoms with Crippen LogP contribution < -0.4 is 4.74 Å². The number of alkyl halides is 3. The average molecular weight is 293 g/mol. The van der Waals surface area contributed by atoms with E-state index in [-0.39, 0.29) is 16.4 Å². The van der Waals surface area contributed by atoms with Gasteiger partial charge in [0, 0.05) is 5.56 Å². The van der Waals surface area contributed by atoms with Gasteiger partial charge in [-0.15, -0.1) is 13.2 Å².